The molecule has 64 valence electrons. The lowest BCUT2D eigenvalue weighted by atomic mass is 9.93. The molecule has 0 aromatic rings. The van der Waals surface area contributed by atoms with E-state index in [1.807, 2.05) is 0 Å². The van der Waals surface area contributed by atoms with Gasteiger partial charge in [0.05, 0.1) is 0 Å². The van der Waals surface area contributed by atoms with E-state index in [1.165, 1.54) is 25.8 Å². The third-order valence-electron chi connectivity index (χ3n) is 3.36. The van der Waals surface area contributed by atoms with Crippen molar-refractivity contribution >= 4 is 0 Å². The van der Waals surface area contributed by atoms with Crippen molar-refractivity contribution in [3.63, 3.8) is 0 Å². The molecule has 0 aromatic heterocycles. The average molecular weight is 154 g/mol. The van der Waals surface area contributed by atoms with Crippen LogP contribution in [0.5, 0.6) is 0 Å². The Morgan fingerprint density at radius 2 is 2.45 bits per heavy atom. The van der Waals surface area contributed by atoms with Crippen molar-refractivity contribution in [3.05, 3.63) is 0 Å². The van der Waals surface area contributed by atoms with Gasteiger partial charge in [-0.2, -0.15) is 0 Å². The Morgan fingerprint density at radius 1 is 1.64 bits per heavy atom. The van der Waals surface area contributed by atoms with E-state index in [2.05, 4.69) is 11.8 Å². The van der Waals surface area contributed by atoms with E-state index in [9.17, 15) is 0 Å². The number of rotatable bonds is 1. The second-order valence-corrected chi connectivity index (χ2v) is 4.19. The highest BCUT2D eigenvalue weighted by Gasteiger charge is 2.41. The zero-order valence-electron chi connectivity index (χ0n) is 7.34. The molecule has 2 fully saturated rings. The Hall–Kier alpha value is -0.0800. The highest BCUT2D eigenvalue weighted by Crippen LogP contribution is 2.33. The maximum atomic E-state index is 6.21. The predicted molar refractivity (Wildman–Crippen MR) is 46.4 cm³/mol. The minimum absolute atomic E-state index is 0.158. The molecule has 0 amide bonds. The van der Waals surface area contributed by atoms with Gasteiger partial charge < -0.3 is 5.73 Å². The van der Waals surface area contributed by atoms with Crippen LogP contribution in [-0.4, -0.2) is 29.6 Å². The van der Waals surface area contributed by atoms with Crippen molar-refractivity contribution in [3.8, 4) is 0 Å². The summed E-state index contributed by atoms with van der Waals surface area (Å²) < 4.78 is 0. The van der Waals surface area contributed by atoms with Gasteiger partial charge in [0.15, 0.2) is 0 Å². The van der Waals surface area contributed by atoms with Crippen molar-refractivity contribution in [2.75, 3.05) is 13.1 Å². The number of nitrogens with two attached hydrogens (primary N) is 1. The quantitative estimate of drug-likeness (QED) is 0.609. The third kappa shape index (κ3) is 1.18. The average Bonchev–Trinajstić information content (AvgIpc) is 2.46. The van der Waals surface area contributed by atoms with E-state index in [1.54, 1.807) is 0 Å². The monoisotopic (exact) mass is 154 g/mol. The van der Waals surface area contributed by atoms with Gasteiger partial charge in [-0.3, -0.25) is 4.90 Å². The van der Waals surface area contributed by atoms with E-state index in [4.69, 9.17) is 5.73 Å². The molecule has 0 aromatic carbocycles. The van der Waals surface area contributed by atoms with E-state index < -0.39 is 0 Å². The Morgan fingerprint density at radius 3 is 3.09 bits per heavy atom. The van der Waals surface area contributed by atoms with Crippen LogP contribution in [0.2, 0.25) is 0 Å². The summed E-state index contributed by atoms with van der Waals surface area (Å²) in [7, 11) is 0. The van der Waals surface area contributed by atoms with Crippen LogP contribution >= 0.6 is 0 Å². The lowest BCUT2D eigenvalue weighted by Crippen LogP contribution is -2.41. The van der Waals surface area contributed by atoms with Crippen LogP contribution in [0.4, 0.5) is 0 Å². The maximum Gasteiger partial charge on any atom is 0.0295 e. The van der Waals surface area contributed by atoms with Gasteiger partial charge in [-0.15, -0.1) is 0 Å². The fourth-order valence-electron chi connectivity index (χ4n) is 2.53. The summed E-state index contributed by atoms with van der Waals surface area (Å²) in [5, 5.41) is 0. The summed E-state index contributed by atoms with van der Waals surface area (Å²) in [5.41, 5.74) is 6.36. The van der Waals surface area contributed by atoms with Crippen LogP contribution in [-0.2, 0) is 0 Å². The largest absolute Gasteiger partial charge is 0.324 e. The van der Waals surface area contributed by atoms with E-state index >= 15 is 0 Å². The van der Waals surface area contributed by atoms with Crippen molar-refractivity contribution < 1.29 is 0 Å². The Kier molecular flexibility index (Phi) is 1.69. The topological polar surface area (TPSA) is 29.3 Å². The summed E-state index contributed by atoms with van der Waals surface area (Å²) in [4.78, 5) is 2.57. The molecule has 11 heavy (non-hydrogen) atoms. The van der Waals surface area contributed by atoms with Gasteiger partial charge in [0.25, 0.3) is 0 Å². The van der Waals surface area contributed by atoms with Crippen molar-refractivity contribution in [1.29, 1.82) is 0 Å². The minimum atomic E-state index is 0.158. The summed E-state index contributed by atoms with van der Waals surface area (Å²) in [6.07, 6.45) is 5.16. The molecule has 0 spiro atoms. The summed E-state index contributed by atoms with van der Waals surface area (Å²) in [6.45, 7) is 4.65. The molecular formula is C9H18N2. The smallest absolute Gasteiger partial charge is 0.0295 e. The summed E-state index contributed by atoms with van der Waals surface area (Å²) >= 11 is 0. The molecule has 0 aliphatic carbocycles. The first kappa shape index (κ1) is 7.56. The highest BCUT2D eigenvalue weighted by molar-refractivity contribution is 5.01. The molecule has 2 rings (SSSR count). The molecule has 2 nitrogen and oxygen atoms in total. The number of fused-ring (bicyclic) bond motifs is 1. The van der Waals surface area contributed by atoms with Gasteiger partial charge in [0.1, 0.15) is 0 Å². The standard InChI is InChI=1S/C9H18N2/c1-2-9(10)6-8-4-3-5-11(8)7-9/h8H,2-7,10H2,1H3. The molecule has 0 radical (unpaired) electrons. The fraction of sp³-hybridized carbons (Fsp3) is 1.00. The molecule has 0 saturated carbocycles. The zero-order chi connectivity index (χ0) is 7.90. The molecule has 2 unspecified atom stereocenters. The lowest BCUT2D eigenvalue weighted by Gasteiger charge is -2.22. The van der Waals surface area contributed by atoms with Crippen LogP contribution in [0.25, 0.3) is 0 Å². The van der Waals surface area contributed by atoms with Gasteiger partial charge in [-0.25, -0.2) is 0 Å². The lowest BCUT2D eigenvalue weighted by molar-refractivity contribution is 0.307. The minimum Gasteiger partial charge on any atom is -0.324 e. The zero-order valence-corrected chi connectivity index (χ0v) is 7.34. The van der Waals surface area contributed by atoms with E-state index in [0.717, 1.165) is 19.0 Å². The normalized spacial score (nSPS) is 44.7. The molecule has 2 saturated heterocycles. The SMILES string of the molecule is CCC1(N)CC2CCCN2C1. The van der Waals surface area contributed by atoms with Gasteiger partial charge in [-0.05, 0) is 32.2 Å². The van der Waals surface area contributed by atoms with Crippen molar-refractivity contribution in [2.45, 2.75) is 44.2 Å². The second-order valence-electron chi connectivity index (χ2n) is 4.19. The Bertz CT molecular complexity index is 144. The van der Waals surface area contributed by atoms with Crippen LogP contribution in [0.1, 0.15) is 32.6 Å². The molecular weight excluding hydrogens is 136 g/mol. The first-order valence-corrected chi connectivity index (χ1v) is 4.76. The summed E-state index contributed by atoms with van der Waals surface area (Å²) in [6, 6.07) is 0.833. The van der Waals surface area contributed by atoms with Gasteiger partial charge in [-0.1, -0.05) is 6.92 Å². The van der Waals surface area contributed by atoms with Crippen LogP contribution in [0, 0.1) is 0 Å². The number of hydrogen-bond acceptors (Lipinski definition) is 2. The van der Waals surface area contributed by atoms with Crippen LogP contribution < -0.4 is 5.73 Å². The van der Waals surface area contributed by atoms with Crippen LogP contribution in [0.15, 0.2) is 0 Å². The van der Waals surface area contributed by atoms with E-state index in [0.29, 0.717) is 0 Å². The number of hydrogen-bond donors (Lipinski definition) is 1. The molecule has 2 heterocycles. The highest BCUT2D eigenvalue weighted by atomic mass is 15.2. The first-order chi connectivity index (χ1) is 5.23. The molecule has 2 aliphatic rings. The van der Waals surface area contributed by atoms with Crippen molar-refractivity contribution in [1.82, 2.24) is 4.90 Å². The summed E-state index contributed by atoms with van der Waals surface area (Å²) in [5.74, 6) is 0. The molecule has 0 bridgehead atoms. The predicted octanol–water partition coefficient (Wildman–Crippen LogP) is 0.962. The Balaban J connectivity index is 2.04. The van der Waals surface area contributed by atoms with Gasteiger partial charge in [0, 0.05) is 18.1 Å². The molecule has 2 heteroatoms. The van der Waals surface area contributed by atoms with Gasteiger partial charge in [0.2, 0.25) is 0 Å². The molecule has 2 N–H and O–H groups in total. The molecule has 2 aliphatic heterocycles. The van der Waals surface area contributed by atoms with E-state index in [-0.39, 0.29) is 5.54 Å². The second kappa shape index (κ2) is 2.46. The fourth-order valence-corrected chi connectivity index (χ4v) is 2.53. The van der Waals surface area contributed by atoms with Gasteiger partial charge >= 0.3 is 0 Å². The third-order valence-corrected chi connectivity index (χ3v) is 3.36. The maximum absolute atomic E-state index is 6.21. The van der Waals surface area contributed by atoms with Crippen LogP contribution in [0.3, 0.4) is 0 Å². The Labute approximate surface area is 68.7 Å². The molecule has 2 atom stereocenters. The number of nitrogens with zero attached hydrogens (tertiary/aromatic N) is 1. The first-order valence-electron chi connectivity index (χ1n) is 4.76. The van der Waals surface area contributed by atoms with Crippen molar-refractivity contribution in [2.24, 2.45) is 5.73 Å².